The van der Waals surface area contributed by atoms with Crippen LogP contribution in [0.3, 0.4) is 0 Å². The normalized spacial score (nSPS) is 18.4. The van der Waals surface area contributed by atoms with Crippen molar-refractivity contribution in [3.63, 3.8) is 0 Å². The predicted octanol–water partition coefficient (Wildman–Crippen LogP) is 2.65. The Morgan fingerprint density at radius 1 is 0.929 bits per heavy atom. The Morgan fingerprint density at radius 2 is 1.54 bits per heavy atom. The van der Waals surface area contributed by atoms with Crippen LogP contribution in [0.15, 0.2) is 53.4 Å². The highest BCUT2D eigenvalue weighted by molar-refractivity contribution is 7.89. The standard InChI is InChI=1S/C19H17ClN2O5S/c20-16-3-1-2-4-17(16)27-14-5-7-15(8-6-14)28(25,26)21-11-13(12-21)22-18(23)9-10-19(22)24/h1-8,13H,9-12H2. The molecule has 0 radical (unpaired) electrons. The average molecular weight is 421 g/mol. The van der Waals surface area contributed by atoms with Crippen molar-refractivity contribution in [2.75, 3.05) is 13.1 Å². The topological polar surface area (TPSA) is 84.0 Å². The van der Waals surface area contributed by atoms with Gasteiger partial charge in [-0.2, -0.15) is 4.31 Å². The molecule has 2 saturated heterocycles. The summed E-state index contributed by atoms with van der Waals surface area (Å²) in [7, 11) is -3.70. The number of amides is 2. The molecular weight excluding hydrogens is 404 g/mol. The van der Waals surface area contributed by atoms with Crippen LogP contribution in [0.5, 0.6) is 11.5 Å². The molecule has 7 nitrogen and oxygen atoms in total. The van der Waals surface area contributed by atoms with Crippen LogP contribution in [0.1, 0.15) is 12.8 Å². The van der Waals surface area contributed by atoms with E-state index in [0.717, 1.165) is 0 Å². The van der Waals surface area contributed by atoms with E-state index in [4.69, 9.17) is 16.3 Å². The number of para-hydroxylation sites is 1. The summed E-state index contributed by atoms with van der Waals surface area (Å²) < 4.78 is 32.4. The van der Waals surface area contributed by atoms with E-state index in [1.165, 1.54) is 21.3 Å². The minimum absolute atomic E-state index is 0.122. The van der Waals surface area contributed by atoms with Crippen molar-refractivity contribution < 1.29 is 22.7 Å². The van der Waals surface area contributed by atoms with Crippen LogP contribution < -0.4 is 4.74 Å². The third kappa shape index (κ3) is 3.39. The number of sulfonamides is 1. The number of imide groups is 1. The lowest BCUT2D eigenvalue weighted by molar-refractivity contribution is -0.143. The van der Waals surface area contributed by atoms with Gasteiger partial charge in [-0.1, -0.05) is 23.7 Å². The summed E-state index contributed by atoms with van der Waals surface area (Å²) in [5.41, 5.74) is 0. The van der Waals surface area contributed by atoms with Crippen LogP contribution >= 0.6 is 11.6 Å². The van der Waals surface area contributed by atoms with Crippen molar-refractivity contribution in [1.29, 1.82) is 0 Å². The number of likely N-dealkylation sites (tertiary alicyclic amines) is 1. The number of nitrogens with zero attached hydrogens (tertiary/aromatic N) is 2. The van der Waals surface area contributed by atoms with Crippen molar-refractivity contribution in [2.24, 2.45) is 0 Å². The van der Waals surface area contributed by atoms with Crippen molar-refractivity contribution >= 4 is 33.4 Å². The van der Waals surface area contributed by atoms with E-state index in [-0.39, 0.29) is 48.7 Å². The number of hydrogen-bond donors (Lipinski definition) is 0. The molecule has 9 heteroatoms. The van der Waals surface area contributed by atoms with Crippen molar-refractivity contribution in [1.82, 2.24) is 9.21 Å². The quantitative estimate of drug-likeness (QED) is 0.694. The summed E-state index contributed by atoms with van der Waals surface area (Å²) in [5, 5.41) is 0.455. The lowest BCUT2D eigenvalue weighted by Crippen LogP contribution is -2.62. The molecule has 0 spiro atoms. The first-order valence-corrected chi connectivity index (χ1v) is 10.6. The minimum Gasteiger partial charge on any atom is -0.456 e. The number of hydrogen-bond acceptors (Lipinski definition) is 5. The number of halogens is 1. The van der Waals surface area contributed by atoms with Gasteiger partial charge >= 0.3 is 0 Å². The first-order chi connectivity index (χ1) is 13.4. The SMILES string of the molecule is O=C1CCC(=O)N1C1CN(S(=O)(=O)c2ccc(Oc3ccccc3Cl)cc2)C1. The lowest BCUT2D eigenvalue weighted by atomic mass is 10.1. The molecule has 0 unspecified atom stereocenters. The van der Waals surface area contributed by atoms with Gasteiger partial charge in [-0.15, -0.1) is 0 Å². The monoisotopic (exact) mass is 420 g/mol. The Balaban J connectivity index is 1.43. The zero-order valence-corrected chi connectivity index (χ0v) is 16.3. The van der Waals surface area contributed by atoms with Gasteiger partial charge in [0.2, 0.25) is 21.8 Å². The summed E-state index contributed by atoms with van der Waals surface area (Å²) >= 11 is 6.05. The Morgan fingerprint density at radius 3 is 2.14 bits per heavy atom. The molecule has 0 saturated carbocycles. The highest BCUT2D eigenvalue weighted by atomic mass is 35.5. The van der Waals surface area contributed by atoms with E-state index < -0.39 is 10.0 Å². The molecule has 0 aliphatic carbocycles. The smallest absolute Gasteiger partial charge is 0.243 e. The Kier molecular flexibility index (Phi) is 4.86. The Hall–Kier alpha value is -2.42. The summed E-state index contributed by atoms with van der Waals surface area (Å²) in [4.78, 5) is 24.9. The van der Waals surface area contributed by atoms with Crippen LogP contribution in [-0.4, -0.2) is 48.6 Å². The maximum atomic E-state index is 12.7. The van der Waals surface area contributed by atoms with E-state index in [1.807, 2.05) is 0 Å². The molecule has 2 fully saturated rings. The van der Waals surface area contributed by atoms with Crippen LogP contribution in [0, 0.1) is 0 Å². The third-order valence-corrected chi connectivity index (χ3v) is 6.97. The first kappa shape index (κ1) is 18.9. The fourth-order valence-corrected chi connectivity index (χ4v) is 4.95. The fraction of sp³-hybridized carbons (Fsp3) is 0.263. The summed E-state index contributed by atoms with van der Waals surface area (Å²) in [6.45, 7) is 0.245. The Labute approximate surface area is 167 Å². The number of rotatable bonds is 5. The molecule has 4 rings (SSSR count). The molecule has 28 heavy (non-hydrogen) atoms. The van der Waals surface area contributed by atoms with Crippen molar-refractivity contribution in [3.05, 3.63) is 53.6 Å². The lowest BCUT2D eigenvalue weighted by Gasteiger charge is -2.41. The summed E-state index contributed by atoms with van der Waals surface area (Å²) in [6.07, 6.45) is 0.407. The zero-order chi connectivity index (χ0) is 19.9. The second-order valence-electron chi connectivity index (χ2n) is 6.64. The van der Waals surface area contributed by atoms with Gasteiger partial charge in [-0.05, 0) is 36.4 Å². The van der Waals surface area contributed by atoms with Gasteiger partial charge < -0.3 is 4.74 Å². The van der Waals surface area contributed by atoms with Crippen LogP contribution in [0.2, 0.25) is 5.02 Å². The molecule has 0 atom stereocenters. The maximum Gasteiger partial charge on any atom is 0.243 e. The number of benzene rings is 2. The van der Waals surface area contributed by atoms with Crippen LogP contribution in [0.25, 0.3) is 0 Å². The maximum absolute atomic E-state index is 12.7. The summed E-state index contributed by atoms with van der Waals surface area (Å²) in [5.74, 6) is 0.480. The second kappa shape index (κ2) is 7.20. The zero-order valence-electron chi connectivity index (χ0n) is 14.7. The third-order valence-electron chi connectivity index (χ3n) is 4.81. The second-order valence-corrected chi connectivity index (χ2v) is 8.98. The van der Waals surface area contributed by atoms with E-state index in [2.05, 4.69) is 0 Å². The Bertz CT molecular complexity index is 1020. The van der Waals surface area contributed by atoms with Gasteiger partial charge in [-0.3, -0.25) is 14.5 Å². The van der Waals surface area contributed by atoms with E-state index >= 15 is 0 Å². The van der Waals surface area contributed by atoms with Gasteiger partial charge in [0.05, 0.1) is 16.0 Å². The van der Waals surface area contributed by atoms with Crippen LogP contribution in [0.4, 0.5) is 0 Å². The van der Waals surface area contributed by atoms with Gasteiger partial charge in [0, 0.05) is 25.9 Å². The first-order valence-electron chi connectivity index (χ1n) is 8.74. The molecule has 2 aromatic carbocycles. The minimum atomic E-state index is -3.70. The molecule has 0 N–H and O–H groups in total. The van der Waals surface area contributed by atoms with Gasteiger partial charge in [-0.25, -0.2) is 8.42 Å². The number of carbonyl (C=O) groups excluding carboxylic acids is 2. The molecule has 2 aliphatic rings. The highest BCUT2D eigenvalue weighted by Gasteiger charge is 2.45. The summed E-state index contributed by atoms with van der Waals surface area (Å²) in [6, 6.07) is 12.6. The average Bonchev–Trinajstić information content (AvgIpc) is 2.95. The molecule has 2 aromatic rings. The highest BCUT2D eigenvalue weighted by Crippen LogP contribution is 2.31. The van der Waals surface area contributed by atoms with Crippen LogP contribution in [-0.2, 0) is 19.6 Å². The van der Waals surface area contributed by atoms with E-state index in [0.29, 0.717) is 16.5 Å². The molecule has 146 valence electrons. The molecule has 2 aliphatic heterocycles. The van der Waals surface area contributed by atoms with E-state index in [1.54, 1.807) is 36.4 Å². The fourth-order valence-electron chi connectivity index (χ4n) is 3.26. The van der Waals surface area contributed by atoms with Gasteiger partial charge in [0.1, 0.15) is 11.5 Å². The van der Waals surface area contributed by atoms with Crippen molar-refractivity contribution in [3.8, 4) is 11.5 Å². The molecule has 0 aromatic heterocycles. The molecular formula is C19H17ClN2O5S. The molecule has 2 heterocycles. The number of carbonyl (C=O) groups is 2. The van der Waals surface area contributed by atoms with Gasteiger partial charge in [0.25, 0.3) is 0 Å². The molecule has 0 bridgehead atoms. The number of ether oxygens (including phenoxy) is 1. The van der Waals surface area contributed by atoms with Crippen molar-refractivity contribution in [2.45, 2.75) is 23.8 Å². The van der Waals surface area contributed by atoms with E-state index in [9.17, 15) is 18.0 Å². The predicted molar refractivity (Wildman–Crippen MR) is 102 cm³/mol. The largest absolute Gasteiger partial charge is 0.456 e. The molecule has 2 amide bonds. The van der Waals surface area contributed by atoms with Gasteiger partial charge in [0.15, 0.2) is 0 Å².